The number of carbonyl (C=O) groups is 1. The summed E-state index contributed by atoms with van der Waals surface area (Å²) in [5.41, 5.74) is 12.1. The van der Waals surface area contributed by atoms with Crippen molar-refractivity contribution in [2.24, 2.45) is 0 Å². The Labute approximate surface area is 146 Å². The molecule has 0 atom stereocenters. The zero-order chi connectivity index (χ0) is 17.4. The Morgan fingerprint density at radius 1 is 1.08 bits per heavy atom. The van der Waals surface area contributed by atoms with E-state index in [-0.39, 0.29) is 5.91 Å². The second-order valence-corrected chi connectivity index (χ2v) is 6.17. The number of anilines is 4. The number of nitrogens with two attached hydrogens (primary N) is 1. The van der Waals surface area contributed by atoms with Gasteiger partial charge in [-0.15, -0.1) is 0 Å². The molecule has 2 aromatic carbocycles. The fourth-order valence-corrected chi connectivity index (χ4v) is 3.05. The zero-order valence-corrected chi connectivity index (χ0v) is 13.9. The van der Waals surface area contributed by atoms with Gasteiger partial charge in [0.2, 0.25) is 0 Å². The molecule has 5 heteroatoms. The Kier molecular flexibility index (Phi) is 3.61. The molecule has 5 nitrogen and oxygen atoms in total. The van der Waals surface area contributed by atoms with Crippen LogP contribution in [0.1, 0.15) is 21.5 Å². The average Bonchev–Trinajstić information content (AvgIpc) is 2.94. The summed E-state index contributed by atoms with van der Waals surface area (Å²) in [7, 11) is 0. The van der Waals surface area contributed by atoms with Gasteiger partial charge in [-0.05, 0) is 60.5 Å². The first kappa shape index (κ1) is 15.2. The van der Waals surface area contributed by atoms with Crippen LogP contribution < -0.4 is 16.0 Å². The van der Waals surface area contributed by atoms with Crippen LogP contribution in [0.15, 0.2) is 60.9 Å². The van der Waals surface area contributed by atoms with Gasteiger partial charge in [-0.1, -0.05) is 6.07 Å². The maximum Gasteiger partial charge on any atom is 0.258 e. The molecule has 1 aliphatic rings. The van der Waals surface area contributed by atoms with Crippen molar-refractivity contribution >= 4 is 28.7 Å². The Balaban J connectivity index is 1.66. The van der Waals surface area contributed by atoms with Gasteiger partial charge in [0, 0.05) is 40.7 Å². The third-order valence-corrected chi connectivity index (χ3v) is 4.43. The number of fused-ring (bicyclic) bond motifs is 1. The third-order valence-electron chi connectivity index (χ3n) is 4.43. The van der Waals surface area contributed by atoms with Crippen LogP contribution in [0.5, 0.6) is 0 Å². The first-order chi connectivity index (χ1) is 12.1. The van der Waals surface area contributed by atoms with Crippen LogP contribution >= 0.6 is 0 Å². The highest BCUT2D eigenvalue weighted by Gasteiger charge is 2.28. The molecule has 0 aliphatic carbocycles. The minimum atomic E-state index is 0.00807. The van der Waals surface area contributed by atoms with Crippen molar-refractivity contribution < 1.29 is 4.79 Å². The Bertz CT molecular complexity index is 953. The summed E-state index contributed by atoms with van der Waals surface area (Å²) in [6, 6.07) is 15.3. The van der Waals surface area contributed by atoms with E-state index in [9.17, 15) is 4.79 Å². The molecule has 124 valence electrons. The lowest BCUT2D eigenvalue weighted by atomic mass is 10.1. The number of pyridine rings is 1. The number of aromatic nitrogens is 1. The van der Waals surface area contributed by atoms with Gasteiger partial charge in [0.15, 0.2) is 0 Å². The maximum atomic E-state index is 12.7. The summed E-state index contributed by atoms with van der Waals surface area (Å²) >= 11 is 0. The van der Waals surface area contributed by atoms with E-state index in [1.165, 1.54) is 0 Å². The number of carbonyl (C=O) groups excluding carboxylic acids is 1. The van der Waals surface area contributed by atoms with Gasteiger partial charge < -0.3 is 16.0 Å². The lowest BCUT2D eigenvalue weighted by molar-refractivity contribution is 0.0996. The monoisotopic (exact) mass is 330 g/mol. The predicted octanol–water partition coefficient (Wildman–Crippen LogP) is 3.88. The number of nitrogens with zero attached hydrogens (tertiary/aromatic N) is 2. The van der Waals surface area contributed by atoms with Crippen LogP contribution in [0.25, 0.3) is 0 Å². The molecule has 4 rings (SSSR count). The van der Waals surface area contributed by atoms with Crippen LogP contribution in [0.2, 0.25) is 0 Å². The standard InChI is InChI=1S/C20H18N4O/c1-13-2-4-17(11-19(13)23-16-6-8-22-9-7-16)24-12-14-10-15(21)3-5-18(14)20(24)25/h2-11H,12,21H2,1H3,(H,22,23). The molecule has 1 aliphatic heterocycles. The lowest BCUT2D eigenvalue weighted by Gasteiger charge is -2.18. The zero-order valence-electron chi connectivity index (χ0n) is 13.9. The quantitative estimate of drug-likeness (QED) is 0.715. The molecule has 2 heterocycles. The summed E-state index contributed by atoms with van der Waals surface area (Å²) in [5, 5.41) is 3.38. The first-order valence-electron chi connectivity index (χ1n) is 8.10. The van der Waals surface area contributed by atoms with E-state index in [1.54, 1.807) is 29.4 Å². The number of nitrogens with one attached hydrogen (secondary N) is 1. The highest BCUT2D eigenvalue weighted by atomic mass is 16.2. The van der Waals surface area contributed by atoms with E-state index in [4.69, 9.17) is 5.73 Å². The summed E-state index contributed by atoms with van der Waals surface area (Å²) in [4.78, 5) is 18.5. The second kappa shape index (κ2) is 5.94. The molecule has 0 saturated carbocycles. The molecule has 3 N–H and O–H groups in total. The summed E-state index contributed by atoms with van der Waals surface area (Å²) in [6.45, 7) is 2.57. The van der Waals surface area contributed by atoms with Crippen LogP contribution in [0, 0.1) is 6.92 Å². The molecule has 0 radical (unpaired) electrons. The highest BCUT2D eigenvalue weighted by molar-refractivity contribution is 6.10. The van der Waals surface area contributed by atoms with Crippen molar-refractivity contribution in [3.63, 3.8) is 0 Å². The molecular formula is C20H18N4O. The number of rotatable bonds is 3. The van der Waals surface area contributed by atoms with E-state index in [1.807, 2.05) is 43.3 Å². The van der Waals surface area contributed by atoms with Crippen molar-refractivity contribution in [3.05, 3.63) is 77.6 Å². The van der Waals surface area contributed by atoms with Crippen LogP contribution in [-0.4, -0.2) is 10.9 Å². The average molecular weight is 330 g/mol. The Hall–Kier alpha value is -3.34. The lowest BCUT2D eigenvalue weighted by Crippen LogP contribution is -2.23. The van der Waals surface area contributed by atoms with Gasteiger partial charge in [0.05, 0.1) is 6.54 Å². The van der Waals surface area contributed by atoms with Gasteiger partial charge in [0.25, 0.3) is 5.91 Å². The van der Waals surface area contributed by atoms with Crippen molar-refractivity contribution in [1.82, 2.24) is 4.98 Å². The number of nitrogen functional groups attached to an aromatic ring is 1. The van der Waals surface area contributed by atoms with Crippen molar-refractivity contribution in [2.45, 2.75) is 13.5 Å². The fourth-order valence-electron chi connectivity index (χ4n) is 3.05. The minimum absolute atomic E-state index is 0.00807. The number of hydrogen-bond donors (Lipinski definition) is 2. The van der Waals surface area contributed by atoms with E-state index < -0.39 is 0 Å². The largest absolute Gasteiger partial charge is 0.399 e. The van der Waals surface area contributed by atoms with Crippen LogP contribution in [-0.2, 0) is 6.54 Å². The fraction of sp³-hybridized carbons (Fsp3) is 0.100. The van der Waals surface area contributed by atoms with Gasteiger partial charge in [-0.3, -0.25) is 9.78 Å². The van der Waals surface area contributed by atoms with E-state index in [2.05, 4.69) is 10.3 Å². The predicted molar refractivity (Wildman–Crippen MR) is 100 cm³/mol. The SMILES string of the molecule is Cc1ccc(N2Cc3cc(N)ccc3C2=O)cc1Nc1ccncc1. The maximum absolute atomic E-state index is 12.7. The van der Waals surface area contributed by atoms with Crippen molar-refractivity contribution in [1.29, 1.82) is 0 Å². The summed E-state index contributed by atoms with van der Waals surface area (Å²) < 4.78 is 0. The molecule has 0 bridgehead atoms. The number of aryl methyl sites for hydroxylation is 1. The van der Waals surface area contributed by atoms with Crippen molar-refractivity contribution in [3.8, 4) is 0 Å². The molecule has 1 aromatic heterocycles. The highest BCUT2D eigenvalue weighted by Crippen LogP contribution is 2.32. The van der Waals surface area contributed by atoms with Gasteiger partial charge >= 0.3 is 0 Å². The molecule has 0 unspecified atom stereocenters. The Morgan fingerprint density at radius 3 is 2.68 bits per heavy atom. The van der Waals surface area contributed by atoms with E-state index in [0.29, 0.717) is 12.2 Å². The number of amides is 1. The normalized spacial score (nSPS) is 13.0. The first-order valence-corrected chi connectivity index (χ1v) is 8.10. The molecule has 0 spiro atoms. The van der Waals surface area contributed by atoms with E-state index in [0.717, 1.165) is 33.8 Å². The summed E-state index contributed by atoms with van der Waals surface area (Å²) in [5.74, 6) is 0.00807. The van der Waals surface area contributed by atoms with Crippen LogP contribution in [0.4, 0.5) is 22.7 Å². The molecule has 0 saturated heterocycles. The summed E-state index contributed by atoms with van der Waals surface area (Å²) in [6.07, 6.45) is 3.49. The molecule has 25 heavy (non-hydrogen) atoms. The molecular weight excluding hydrogens is 312 g/mol. The van der Waals surface area contributed by atoms with Gasteiger partial charge in [-0.2, -0.15) is 0 Å². The van der Waals surface area contributed by atoms with Crippen molar-refractivity contribution in [2.75, 3.05) is 16.0 Å². The molecule has 0 fully saturated rings. The Morgan fingerprint density at radius 2 is 1.88 bits per heavy atom. The molecule has 3 aromatic rings. The second-order valence-electron chi connectivity index (χ2n) is 6.17. The van der Waals surface area contributed by atoms with E-state index >= 15 is 0 Å². The van der Waals surface area contributed by atoms with Crippen LogP contribution in [0.3, 0.4) is 0 Å². The van der Waals surface area contributed by atoms with Gasteiger partial charge in [0.1, 0.15) is 0 Å². The number of hydrogen-bond acceptors (Lipinski definition) is 4. The minimum Gasteiger partial charge on any atom is -0.399 e. The topological polar surface area (TPSA) is 71.2 Å². The molecule has 1 amide bonds. The third kappa shape index (κ3) is 2.80. The smallest absolute Gasteiger partial charge is 0.258 e. The van der Waals surface area contributed by atoms with Gasteiger partial charge in [-0.25, -0.2) is 0 Å². The number of benzene rings is 2.